The van der Waals surface area contributed by atoms with Crippen molar-refractivity contribution in [3.63, 3.8) is 0 Å². The van der Waals surface area contributed by atoms with Crippen molar-refractivity contribution in [3.8, 4) is 0 Å². The minimum atomic E-state index is -3.65. The summed E-state index contributed by atoms with van der Waals surface area (Å²) in [5, 5.41) is 0. The first-order chi connectivity index (χ1) is 11.3. The Kier molecular flexibility index (Phi) is 4.40. The van der Waals surface area contributed by atoms with Gasteiger partial charge in [0.25, 0.3) is 10.0 Å². The maximum Gasteiger partial charge on any atom is 0.261 e. The molecular weight excluding hydrogens is 392 g/mol. The number of halogens is 1. The lowest BCUT2D eigenvalue weighted by molar-refractivity contribution is -0.116. The predicted molar refractivity (Wildman–Crippen MR) is 97.9 cm³/mol. The van der Waals surface area contributed by atoms with E-state index in [0.717, 1.165) is 16.8 Å². The van der Waals surface area contributed by atoms with Gasteiger partial charge in [-0.15, -0.1) is 0 Å². The Balaban J connectivity index is 1.93. The monoisotopic (exact) mass is 408 g/mol. The number of amides is 1. The van der Waals surface area contributed by atoms with Crippen molar-refractivity contribution in [3.05, 3.63) is 52.0 Å². The minimum Gasteiger partial charge on any atom is -0.311 e. The maximum atomic E-state index is 12.5. The van der Waals surface area contributed by atoms with Crippen LogP contribution in [0.2, 0.25) is 0 Å². The summed E-state index contributed by atoms with van der Waals surface area (Å²) >= 11 is 3.45. The summed E-state index contributed by atoms with van der Waals surface area (Å²) in [6.45, 7) is 4.04. The molecule has 7 heteroatoms. The predicted octanol–water partition coefficient (Wildman–Crippen LogP) is 3.47. The maximum absolute atomic E-state index is 12.5. The summed E-state index contributed by atoms with van der Waals surface area (Å²) in [5.74, 6) is -0.0255. The highest BCUT2D eigenvalue weighted by Crippen LogP contribution is 2.38. The molecule has 126 valence electrons. The average Bonchev–Trinajstić information content (AvgIpc) is 2.91. The number of rotatable bonds is 3. The molecule has 0 radical (unpaired) electrons. The fourth-order valence-electron chi connectivity index (χ4n) is 2.80. The number of aryl methyl sites for hydroxylation is 1. The van der Waals surface area contributed by atoms with Gasteiger partial charge in [-0.05, 0) is 59.1 Å². The zero-order chi connectivity index (χ0) is 17.5. The zero-order valence-corrected chi connectivity index (χ0v) is 15.7. The molecule has 1 heterocycles. The van der Waals surface area contributed by atoms with E-state index in [2.05, 4.69) is 20.7 Å². The molecule has 3 rings (SSSR count). The first-order valence-corrected chi connectivity index (χ1v) is 9.75. The van der Waals surface area contributed by atoms with Crippen LogP contribution in [0.25, 0.3) is 0 Å². The van der Waals surface area contributed by atoms with Crippen molar-refractivity contribution in [2.24, 2.45) is 0 Å². The largest absolute Gasteiger partial charge is 0.311 e. The second-order valence-corrected chi connectivity index (χ2v) is 8.34. The van der Waals surface area contributed by atoms with Gasteiger partial charge in [-0.1, -0.05) is 17.7 Å². The van der Waals surface area contributed by atoms with E-state index in [4.69, 9.17) is 0 Å². The average molecular weight is 409 g/mol. The second kappa shape index (κ2) is 6.22. The summed E-state index contributed by atoms with van der Waals surface area (Å²) in [6.07, 6.45) is 0.702. The molecule has 24 heavy (non-hydrogen) atoms. The van der Waals surface area contributed by atoms with Gasteiger partial charge < -0.3 is 4.90 Å². The van der Waals surface area contributed by atoms with Crippen LogP contribution < -0.4 is 9.62 Å². The lowest BCUT2D eigenvalue weighted by Crippen LogP contribution is -2.26. The van der Waals surface area contributed by atoms with Crippen LogP contribution in [0.15, 0.2) is 45.8 Å². The molecule has 0 saturated carbocycles. The number of nitrogens with one attached hydrogen (secondary N) is 1. The van der Waals surface area contributed by atoms with Crippen LogP contribution in [0, 0.1) is 6.92 Å². The molecule has 0 aromatic heterocycles. The Labute approximate surface area is 149 Å². The Hall–Kier alpha value is -1.86. The normalized spacial score (nSPS) is 13.7. The van der Waals surface area contributed by atoms with E-state index in [1.54, 1.807) is 41.3 Å². The van der Waals surface area contributed by atoms with Crippen LogP contribution in [0.5, 0.6) is 0 Å². The molecule has 2 aromatic carbocycles. The van der Waals surface area contributed by atoms with Crippen LogP contribution in [0.4, 0.5) is 11.4 Å². The van der Waals surface area contributed by atoms with Crippen molar-refractivity contribution in [2.75, 3.05) is 16.2 Å². The van der Waals surface area contributed by atoms with Gasteiger partial charge in [0.15, 0.2) is 0 Å². The summed E-state index contributed by atoms with van der Waals surface area (Å²) < 4.78 is 28.3. The van der Waals surface area contributed by atoms with E-state index in [9.17, 15) is 13.2 Å². The molecular formula is C17H17BrN2O3S. The third-order valence-electron chi connectivity index (χ3n) is 3.98. The van der Waals surface area contributed by atoms with Crippen LogP contribution in [-0.4, -0.2) is 20.9 Å². The van der Waals surface area contributed by atoms with E-state index >= 15 is 0 Å². The van der Waals surface area contributed by atoms with Crippen LogP contribution in [0.3, 0.4) is 0 Å². The van der Waals surface area contributed by atoms with E-state index in [-0.39, 0.29) is 10.8 Å². The minimum absolute atomic E-state index is 0.0255. The van der Waals surface area contributed by atoms with Crippen LogP contribution >= 0.6 is 15.9 Å². The summed E-state index contributed by atoms with van der Waals surface area (Å²) in [4.78, 5) is 13.6. The van der Waals surface area contributed by atoms with Gasteiger partial charge in [0.2, 0.25) is 5.91 Å². The molecule has 1 N–H and O–H groups in total. The molecule has 1 amide bonds. The van der Waals surface area contributed by atoms with Gasteiger partial charge in [0, 0.05) is 17.9 Å². The molecule has 0 bridgehead atoms. The highest BCUT2D eigenvalue weighted by molar-refractivity contribution is 9.10. The van der Waals surface area contributed by atoms with E-state index in [0.29, 0.717) is 23.1 Å². The summed E-state index contributed by atoms with van der Waals surface area (Å²) in [5.41, 5.74) is 3.24. The van der Waals surface area contributed by atoms with Crippen molar-refractivity contribution in [1.82, 2.24) is 0 Å². The van der Waals surface area contributed by atoms with E-state index in [1.807, 2.05) is 6.92 Å². The first-order valence-electron chi connectivity index (χ1n) is 7.48. The number of nitrogens with zero attached hydrogens (tertiary/aromatic N) is 1. The van der Waals surface area contributed by atoms with Crippen LogP contribution in [-0.2, 0) is 21.2 Å². The molecule has 1 aliphatic rings. The Morgan fingerprint density at radius 1 is 1.21 bits per heavy atom. The van der Waals surface area contributed by atoms with Crippen molar-refractivity contribution < 1.29 is 13.2 Å². The van der Waals surface area contributed by atoms with Crippen molar-refractivity contribution in [1.29, 1.82) is 0 Å². The van der Waals surface area contributed by atoms with Crippen LogP contribution in [0.1, 0.15) is 18.1 Å². The lowest BCUT2D eigenvalue weighted by atomic mass is 10.1. The van der Waals surface area contributed by atoms with Crippen molar-refractivity contribution in [2.45, 2.75) is 25.2 Å². The smallest absolute Gasteiger partial charge is 0.261 e. The number of hydrogen-bond donors (Lipinski definition) is 1. The third kappa shape index (κ3) is 3.18. The number of sulfonamides is 1. The standard InChI is InChI=1S/C17H17BrN2O3S/c1-11-3-5-15(6-4-11)24(22,23)19-14-9-13-7-8-20(12(2)21)17(13)16(18)10-14/h3-6,9-10,19H,7-8H2,1-2H3. The fourth-order valence-corrected chi connectivity index (χ4v) is 4.55. The van der Waals surface area contributed by atoms with Gasteiger partial charge in [-0.3, -0.25) is 9.52 Å². The van der Waals surface area contributed by atoms with Gasteiger partial charge in [-0.25, -0.2) is 8.42 Å². The first kappa shape index (κ1) is 17.0. The fraction of sp³-hybridized carbons (Fsp3) is 0.235. The molecule has 0 aliphatic carbocycles. The molecule has 0 atom stereocenters. The number of benzene rings is 2. The summed E-state index contributed by atoms with van der Waals surface area (Å²) in [7, 11) is -3.65. The number of hydrogen-bond acceptors (Lipinski definition) is 3. The highest BCUT2D eigenvalue weighted by atomic mass is 79.9. The number of anilines is 2. The Morgan fingerprint density at radius 2 is 1.88 bits per heavy atom. The summed E-state index contributed by atoms with van der Waals surface area (Å²) in [6, 6.07) is 10.2. The molecule has 1 aliphatic heterocycles. The molecule has 5 nitrogen and oxygen atoms in total. The molecule has 0 spiro atoms. The quantitative estimate of drug-likeness (QED) is 0.845. The van der Waals surface area contributed by atoms with Gasteiger partial charge >= 0.3 is 0 Å². The highest BCUT2D eigenvalue weighted by Gasteiger charge is 2.26. The molecule has 0 unspecified atom stereocenters. The van der Waals surface area contributed by atoms with Gasteiger partial charge in [0.05, 0.1) is 16.3 Å². The third-order valence-corrected chi connectivity index (χ3v) is 5.98. The number of carbonyl (C=O) groups is 1. The zero-order valence-electron chi connectivity index (χ0n) is 13.3. The molecule has 2 aromatic rings. The van der Waals surface area contributed by atoms with Gasteiger partial charge in [0.1, 0.15) is 0 Å². The SMILES string of the molecule is CC(=O)N1CCc2cc(NS(=O)(=O)c3ccc(C)cc3)cc(Br)c21. The number of fused-ring (bicyclic) bond motifs is 1. The van der Waals surface area contributed by atoms with E-state index in [1.165, 1.54) is 6.92 Å². The number of carbonyl (C=O) groups excluding carboxylic acids is 1. The second-order valence-electron chi connectivity index (χ2n) is 5.81. The molecule has 0 fully saturated rings. The topological polar surface area (TPSA) is 66.5 Å². The molecule has 0 saturated heterocycles. The van der Waals surface area contributed by atoms with Gasteiger partial charge in [-0.2, -0.15) is 0 Å². The Bertz CT molecular complexity index is 908. The van der Waals surface area contributed by atoms with Crippen molar-refractivity contribution >= 4 is 43.2 Å². The van der Waals surface area contributed by atoms with E-state index < -0.39 is 10.0 Å². The lowest BCUT2D eigenvalue weighted by Gasteiger charge is -2.17. The Morgan fingerprint density at radius 3 is 2.50 bits per heavy atom.